The van der Waals surface area contributed by atoms with Gasteiger partial charge in [-0.15, -0.1) is 0 Å². The molecule has 0 bridgehead atoms. The van der Waals surface area contributed by atoms with Gasteiger partial charge in [0.05, 0.1) is 24.0 Å². The van der Waals surface area contributed by atoms with E-state index in [-0.39, 0.29) is 23.5 Å². The maximum absolute atomic E-state index is 14.3. The van der Waals surface area contributed by atoms with Gasteiger partial charge in [0.1, 0.15) is 6.61 Å². The molecule has 1 amide bonds. The lowest BCUT2D eigenvalue weighted by Gasteiger charge is -2.36. The molecule has 0 radical (unpaired) electrons. The van der Waals surface area contributed by atoms with E-state index in [0.717, 1.165) is 33.8 Å². The number of amides is 1. The zero-order valence-electron chi connectivity index (χ0n) is 25.8. The van der Waals surface area contributed by atoms with Crippen LogP contribution in [0.4, 0.5) is 11.4 Å². The second-order valence-corrected chi connectivity index (χ2v) is 12.2. The van der Waals surface area contributed by atoms with E-state index < -0.39 is 6.04 Å². The Morgan fingerprint density at radius 1 is 0.889 bits per heavy atom. The number of anilines is 2. The van der Waals surface area contributed by atoms with E-state index in [0.29, 0.717) is 48.2 Å². The number of fused-ring (bicyclic) bond motifs is 1. The summed E-state index contributed by atoms with van der Waals surface area (Å²) in [6.07, 6.45) is 1.02. The molecule has 7 heteroatoms. The van der Waals surface area contributed by atoms with Crippen LogP contribution in [0.1, 0.15) is 62.3 Å². The van der Waals surface area contributed by atoms with Crippen LogP contribution in [0.25, 0.3) is 0 Å². The number of benzene rings is 4. The highest BCUT2D eigenvalue weighted by molar-refractivity contribution is 6.30. The number of ketones is 1. The number of carbonyl (C=O) groups is 2. The molecule has 6 nitrogen and oxygen atoms in total. The van der Waals surface area contributed by atoms with Crippen LogP contribution in [0.2, 0.25) is 5.02 Å². The summed E-state index contributed by atoms with van der Waals surface area (Å²) < 4.78 is 12.3. The van der Waals surface area contributed by atoms with Crippen molar-refractivity contribution in [3.05, 3.63) is 130 Å². The molecule has 1 heterocycles. The first kappa shape index (κ1) is 30.5. The number of nitrogens with one attached hydrogen (secondary N) is 1. The predicted molar refractivity (Wildman–Crippen MR) is 179 cm³/mol. The third-order valence-electron chi connectivity index (χ3n) is 8.38. The third kappa shape index (κ3) is 6.34. The number of rotatable bonds is 8. The smallest absolute Gasteiger partial charge is 0.230 e. The Morgan fingerprint density at radius 3 is 2.36 bits per heavy atom. The molecule has 1 N–H and O–H groups in total. The Labute approximate surface area is 269 Å². The van der Waals surface area contributed by atoms with Crippen LogP contribution >= 0.6 is 11.6 Å². The average Bonchev–Trinajstić information content (AvgIpc) is 3.20. The minimum absolute atomic E-state index is 0.0259. The predicted octanol–water partition coefficient (Wildman–Crippen LogP) is 8.87. The highest BCUT2D eigenvalue weighted by Gasteiger charge is 2.42. The van der Waals surface area contributed by atoms with E-state index in [2.05, 4.69) is 17.4 Å². The summed E-state index contributed by atoms with van der Waals surface area (Å²) in [5.74, 6) is 0.830. The standard InChI is InChI=1S/C38H37ClN2O4/c1-4-44-35-22-27(16-19-34(35)45-23-25-14-17-29(39)18-15-25)37-36-31(20-28(21-33(36)42)26-10-6-5-7-11-26)40-30-12-8-9-13-32(30)41(37)38(43)24(2)3/h5-19,22,24,28,37,40H,4,20-21,23H2,1-3H3/t28-,37+/m0/s1. The molecule has 1 aliphatic heterocycles. The number of allylic oxidation sites excluding steroid dienone is 1. The molecule has 0 saturated heterocycles. The molecule has 6 rings (SSSR count). The first-order valence-corrected chi connectivity index (χ1v) is 15.9. The van der Waals surface area contributed by atoms with Crippen molar-refractivity contribution in [2.24, 2.45) is 5.92 Å². The molecule has 4 aromatic carbocycles. The number of hydrogen-bond acceptors (Lipinski definition) is 5. The van der Waals surface area contributed by atoms with Crippen molar-refractivity contribution < 1.29 is 19.1 Å². The highest BCUT2D eigenvalue weighted by Crippen LogP contribution is 2.48. The van der Waals surface area contributed by atoms with E-state index in [1.807, 2.05) is 106 Å². The molecule has 0 saturated carbocycles. The van der Waals surface area contributed by atoms with E-state index >= 15 is 0 Å². The summed E-state index contributed by atoms with van der Waals surface area (Å²) in [7, 11) is 0. The molecule has 4 aromatic rings. The third-order valence-corrected chi connectivity index (χ3v) is 8.63. The highest BCUT2D eigenvalue weighted by atomic mass is 35.5. The van der Waals surface area contributed by atoms with Crippen molar-refractivity contribution in [2.45, 2.75) is 52.2 Å². The van der Waals surface area contributed by atoms with Crippen LogP contribution in [0.15, 0.2) is 108 Å². The molecule has 0 spiro atoms. The Balaban J connectivity index is 1.47. The van der Waals surface area contributed by atoms with E-state index in [1.54, 1.807) is 4.90 Å². The Bertz CT molecular complexity index is 1730. The number of nitrogens with zero attached hydrogens (tertiary/aromatic N) is 1. The molecule has 2 aliphatic rings. The number of halogens is 1. The van der Waals surface area contributed by atoms with Crippen molar-refractivity contribution >= 4 is 34.7 Å². The van der Waals surface area contributed by atoms with Crippen LogP contribution in [0.3, 0.4) is 0 Å². The van der Waals surface area contributed by atoms with Gasteiger partial charge in [0, 0.05) is 28.6 Å². The fourth-order valence-corrected chi connectivity index (χ4v) is 6.34. The summed E-state index contributed by atoms with van der Waals surface area (Å²) in [5, 5.41) is 4.27. The quantitative estimate of drug-likeness (QED) is 0.213. The molecule has 0 aromatic heterocycles. The van der Waals surface area contributed by atoms with Crippen LogP contribution in [0.5, 0.6) is 11.5 Å². The SMILES string of the molecule is CCOc1cc([C@@H]2C3=C(C[C@H](c4ccccc4)CC3=O)Nc3ccccc3N2C(=O)C(C)C)ccc1OCc1ccc(Cl)cc1. The van der Waals surface area contributed by atoms with Crippen molar-refractivity contribution in [3.8, 4) is 11.5 Å². The first-order valence-electron chi connectivity index (χ1n) is 15.5. The summed E-state index contributed by atoms with van der Waals surface area (Å²) >= 11 is 6.06. The maximum Gasteiger partial charge on any atom is 0.230 e. The van der Waals surface area contributed by atoms with E-state index in [4.69, 9.17) is 21.1 Å². The number of ether oxygens (including phenoxy) is 2. The van der Waals surface area contributed by atoms with Gasteiger partial charge in [0.25, 0.3) is 0 Å². The van der Waals surface area contributed by atoms with Crippen LogP contribution in [-0.4, -0.2) is 18.3 Å². The van der Waals surface area contributed by atoms with Gasteiger partial charge in [-0.2, -0.15) is 0 Å². The van der Waals surface area contributed by atoms with E-state index in [1.165, 1.54) is 0 Å². The lowest BCUT2D eigenvalue weighted by Crippen LogP contribution is -2.40. The number of Topliss-reactive ketones (excluding diaryl/α,β-unsaturated/α-hetero) is 1. The molecule has 0 unspecified atom stereocenters. The molecule has 230 valence electrons. The van der Waals surface area contributed by atoms with Gasteiger partial charge in [0.2, 0.25) is 5.91 Å². The average molecular weight is 621 g/mol. The van der Waals surface area contributed by atoms with Crippen molar-refractivity contribution in [2.75, 3.05) is 16.8 Å². The van der Waals surface area contributed by atoms with Crippen LogP contribution < -0.4 is 19.7 Å². The molecule has 1 aliphatic carbocycles. The first-order chi connectivity index (χ1) is 21.8. The summed E-state index contributed by atoms with van der Waals surface area (Å²) in [6.45, 7) is 6.47. The van der Waals surface area contributed by atoms with Crippen LogP contribution in [-0.2, 0) is 16.2 Å². The van der Waals surface area contributed by atoms with Gasteiger partial charge in [-0.1, -0.05) is 86.1 Å². The summed E-state index contributed by atoms with van der Waals surface area (Å²) in [5.41, 5.74) is 5.88. The minimum atomic E-state index is -0.653. The molecule has 45 heavy (non-hydrogen) atoms. The van der Waals surface area contributed by atoms with Gasteiger partial charge < -0.3 is 14.8 Å². The fraction of sp³-hybridized carbons (Fsp3) is 0.263. The monoisotopic (exact) mass is 620 g/mol. The zero-order valence-corrected chi connectivity index (χ0v) is 26.5. The minimum Gasteiger partial charge on any atom is -0.490 e. The largest absolute Gasteiger partial charge is 0.490 e. The van der Waals surface area contributed by atoms with Gasteiger partial charge in [-0.3, -0.25) is 14.5 Å². The van der Waals surface area contributed by atoms with Gasteiger partial charge in [-0.05, 0) is 72.4 Å². The molecule has 0 fully saturated rings. The van der Waals surface area contributed by atoms with Gasteiger partial charge in [-0.25, -0.2) is 0 Å². The molecule has 2 atom stereocenters. The summed E-state index contributed by atoms with van der Waals surface area (Å²) in [6, 6.07) is 30.6. The number of para-hydroxylation sites is 2. The molecular weight excluding hydrogens is 584 g/mol. The Morgan fingerprint density at radius 2 is 1.62 bits per heavy atom. The second kappa shape index (κ2) is 13.2. The zero-order chi connectivity index (χ0) is 31.5. The van der Waals surface area contributed by atoms with Crippen molar-refractivity contribution in [3.63, 3.8) is 0 Å². The van der Waals surface area contributed by atoms with Crippen molar-refractivity contribution in [1.29, 1.82) is 0 Å². The lowest BCUT2D eigenvalue weighted by atomic mass is 9.78. The number of hydrogen-bond donors (Lipinski definition) is 1. The number of carbonyl (C=O) groups excluding carboxylic acids is 2. The second-order valence-electron chi connectivity index (χ2n) is 11.8. The van der Waals surface area contributed by atoms with Crippen molar-refractivity contribution in [1.82, 2.24) is 0 Å². The fourth-order valence-electron chi connectivity index (χ4n) is 6.21. The topological polar surface area (TPSA) is 67.9 Å². The van der Waals surface area contributed by atoms with Gasteiger partial charge in [0.15, 0.2) is 17.3 Å². The Hall–Kier alpha value is -4.55. The summed E-state index contributed by atoms with van der Waals surface area (Å²) in [4.78, 5) is 30.2. The Kier molecular flexibility index (Phi) is 8.95. The normalized spacial score (nSPS) is 17.7. The van der Waals surface area contributed by atoms with E-state index in [9.17, 15) is 9.59 Å². The van der Waals surface area contributed by atoms with Gasteiger partial charge >= 0.3 is 0 Å². The van der Waals surface area contributed by atoms with Crippen LogP contribution in [0, 0.1) is 5.92 Å². The molecular formula is C38H37ClN2O4. The maximum atomic E-state index is 14.3. The lowest BCUT2D eigenvalue weighted by molar-refractivity contribution is -0.121.